The Balaban J connectivity index is 1.58. The summed E-state index contributed by atoms with van der Waals surface area (Å²) >= 11 is 0. The Morgan fingerprint density at radius 3 is 2.44 bits per heavy atom. The Kier molecular flexibility index (Phi) is 6.61. The van der Waals surface area contributed by atoms with Crippen molar-refractivity contribution in [2.24, 2.45) is 5.73 Å². The van der Waals surface area contributed by atoms with Gasteiger partial charge in [0, 0.05) is 53.4 Å². The molecule has 0 saturated heterocycles. The van der Waals surface area contributed by atoms with Gasteiger partial charge in [-0.3, -0.25) is 19.5 Å². The van der Waals surface area contributed by atoms with E-state index in [4.69, 9.17) is 15.5 Å². The number of nitrogens with two attached hydrogens (primary N) is 1. The molecule has 34 heavy (non-hydrogen) atoms. The standard InChI is InChI=1S/C26H28N4O4/c1-15(2)30-13-12-22-20(14-30)23(19-6-4-5-7-21(19)29-22)26(33)34-16(3)25(32)28-18-10-8-17(9-11-18)24(27)31/h4-11,15-16H,12-14H2,1-3H3,(H2,27,31)(H,28,32). The smallest absolute Gasteiger partial charge is 0.339 e. The number of ether oxygens (including phenoxy) is 1. The van der Waals surface area contributed by atoms with Crippen molar-refractivity contribution < 1.29 is 19.1 Å². The lowest BCUT2D eigenvalue weighted by molar-refractivity contribution is -0.123. The van der Waals surface area contributed by atoms with Gasteiger partial charge in [-0.25, -0.2) is 4.79 Å². The molecule has 3 aromatic rings. The molecular formula is C26H28N4O4. The SMILES string of the molecule is CC(OC(=O)c1c2c(nc3ccccc13)CCN(C(C)C)C2)C(=O)Nc1ccc(C(N)=O)cc1. The van der Waals surface area contributed by atoms with Crippen molar-refractivity contribution in [3.63, 3.8) is 0 Å². The molecule has 176 valence electrons. The van der Waals surface area contributed by atoms with Crippen molar-refractivity contribution in [2.45, 2.75) is 45.9 Å². The highest BCUT2D eigenvalue weighted by Gasteiger charge is 2.29. The van der Waals surface area contributed by atoms with Gasteiger partial charge in [0.1, 0.15) is 0 Å². The lowest BCUT2D eigenvalue weighted by Crippen LogP contribution is -2.37. The molecule has 1 unspecified atom stereocenters. The number of primary amides is 1. The van der Waals surface area contributed by atoms with Gasteiger partial charge in [0.2, 0.25) is 5.91 Å². The van der Waals surface area contributed by atoms with Gasteiger partial charge in [-0.15, -0.1) is 0 Å². The Labute approximate surface area is 198 Å². The van der Waals surface area contributed by atoms with Crippen molar-refractivity contribution in [3.8, 4) is 0 Å². The molecular weight excluding hydrogens is 432 g/mol. The average molecular weight is 461 g/mol. The molecule has 1 aliphatic heterocycles. The predicted octanol–water partition coefficient (Wildman–Crippen LogP) is 3.28. The van der Waals surface area contributed by atoms with Crippen molar-refractivity contribution in [1.82, 2.24) is 9.88 Å². The monoisotopic (exact) mass is 460 g/mol. The van der Waals surface area contributed by atoms with E-state index in [1.54, 1.807) is 12.1 Å². The lowest BCUT2D eigenvalue weighted by atomic mass is 9.95. The van der Waals surface area contributed by atoms with Crippen LogP contribution < -0.4 is 11.1 Å². The van der Waals surface area contributed by atoms with Gasteiger partial charge in [-0.05, 0) is 51.1 Å². The van der Waals surface area contributed by atoms with Crippen LogP contribution in [-0.2, 0) is 22.5 Å². The fourth-order valence-electron chi connectivity index (χ4n) is 4.12. The van der Waals surface area contributed by atoms with Crippen LogP contribution in [0.25, 0.3) is 10.9 Å². The molecule has 0 spiro atoms. The van der Waals surface area contributed by atoms with E-state index in [1.807, 2.05) is 24.3 Å². The summed E-state index contributed by atoms with van der Waals surface area (Å²) in [5.41, 5.74) is 9.01. The minimum absolute atomic E-state index is 0.328. The molecule has 0 radical (unpaired) electrons. The van der Waals surface area contributed by atoms with Crippen LogP contribution in [0.5, 0.6) is 0 Å². The van der Waals surface area contributed by atoms with Crippen LogP contribution in [0.3, 0.4) is 0 Å². The van der Waals surface area contributed by atoms with E-state index in [0.717, 1.165) is 29.7 Å². The second kappa shape index (κ2) is 9.61. The Morgan fingerprint density at radius 2 is 1.76 bits per heavy atom. The Bertz CT molecular complexity index is 1250. The second-order valence-electron chi connectivity index (χ2n) is 8.72. The van der Waals surface area contributed by atoms with Crippen LogP contribution in [0.1, 0.15) is 52.7 Å². The van der Waals surface area contributed by atoms with Gasteiger partial charge in [0.05, 0.1) is 11.1 Å². The Morgan fingerprint density at radius 1 is 1.06 bits per heavy atom. The van der Waals surface area contributed by atoms with Gasteiger partial charge < -0.3 is 15.8 Å². The van der Waals surface area contributed by atoms with Gasteiger partial charge in [-0.2, -0.15) is 0 Å². The molecule has 2 aromatic carbocycles. The summed E-state index contributed by atoms with van der Waals surface area (Å²) in [5.74, 6) is -1.58. The maximum atomic E-state index is 13.4. The molecule has 8 nitrogen and oxygen atoms in total. The van der Waals surface area contributed by atoms with Crippen LogP contribution >= 0.6 is 0 Å². The number of nitrogens with one attached hydrogen (secondary N) is 1. The van der Waals surface area contributed by atoms with E-state index in [1.165, 1.54) is 19.1 Å². The predicted molar refractivity (Wildman–Crippen MR) is 129 cm³/mol. The number of pyridine rings is 1. The average Bonchev–Trinajstić information content (AvgIpc) is 2.82. The molecule has 4 rings (SSSR count). The van der Waals surface area contributed by atoms with Gasteiger partial charge >= 0.3 is 5.97 Å². The van der Waals surface area contributed by atoms with Gasteiger partial charge in [-0.1, -0.05) is 18.2 Å². The topological polar surface area (TPSA) is 115 Å². The summed E-state index contributed by atoms with van der Waals surface area (Å²) < 4.78 is 5.63. The summed E-state index contributed by atoms with van der Waals surface area (Å²) in [7, 11) is 0. The number of nitrogens with zero attached hydrogens (tertiary/aromatic N) is 2. The zero-order chi connectivity index (χ0) is 24.4. The summed E-state index contributed by atoms with van der Waals surface area (Å²) in [4.78, 5) is 44.4. The maximum Gasteiger partial charge on any atom is 0.339 e. The molecule has 0 aliphatic carbocycles. The number of carbonyl (C=O) groups excluding carboxylic acids is 3. The number of rotatable bonds is 6. The number of esters is 1. The normalized spacial score (nSPS) is 14.5. The first kappa shape index (κ1) is 23.4. The third kappa shape index (κ3) is 4.77. The van der Waals surface area contributed by atoms with Crippen molar-refractivity contribution in [3.05, 3.63) is 70.9 Å². The third-order valence-electron chi connectivity index (χ3n) is 6.10. The Hall–Kier alpha value is -3.78. The number of carbonyl (C=O) groups is 3. The van der Waals surface area contributed by atoms with E-state index >= 15 is 0 Å². The van der Waals surface area contributed by atoms with Crippen molar-refractivity contribution >= 4 is 34.4 Å². The van der Waals surface area contributed by atoms with E-state index in [-0.39, 0.29) is 0 Å². The number of hydrogen-bond acceptors (Lipinski definition) is 6. The zero-order valence-electron chi connectivity index (χ0n) is 19.5. The van der Waals surface area contributed by atoms with Crippen LogP contribution in [0.15, 0.2) is 48.5 Å². The maximum absolute atomic E-state index is 13.4. The fraction of sp³-hybridized carbons (Fsp3) is 0.308. The van der Waals surface area contributed by atoms with E-state index in [9.17, 15) is 14.4 Å². The highest BCUT2D eigenvalue weighted by atomic mass is 16.5. The fourth-order valence-corrected chi connectivity index (χ4v) is 4.12. The molecule has 1 atom stereocenters. The summed E-state index contributed by atoms with van der Waals surface area (Å²) in [6.45, 7) is 7.25. The number of amides is 2. The number of fused-ring (bicyclic) bond motifs is 2. The number of anilines is 1. The number of para-hydroxylation sites is 1. The highest BCUT2D eigenvalue weighted by Crippen LogP contribution is 2.29. The molecule has 0 saturated carbocycles. The first-order valence-corrected chi connectivity index (χ1v) is 11.3. The minimum Gasteiger partial charge on any atom is -0.449 e. The highest BCUT2D eigenvalue weighted by molar-refractivity contribution is 6.06. The van der Waals surface area contributed by atoms with Crippen LogP contribution in [-0.4, -0.2) is 46.4 Å². The van der Waals surface area contributed by atoms with Gasteiger partial charge in [0.15, 0.2) is 6.10 Å². The molecule has 2 amide bonds. The van der Waals surface area contributed by atoms with Crippen LogP contribution in [0.4, 0.5) is 5.69 Å². The van der Waals surface area contributed by atoms with Crippen LogP contribution in [0, 0.1) is 0 Å². The van der Waals surface area contributed by atoms with Crippen molar-refractivity contribution in [1.29, 1.82) is 0 Å². The zero-order valence-corrected chi connectivity index (χ0v) is 19.5. The number of hydrogen-bond donors (Lipinski definition) is 2. The van der Waals surface area contributed by atoms with Gasteiger partial charge in [0.25, 0.3) is 5.91 Å². The molecule has 2 heterocycles. The molecule has 0 fully saturated rings. The molecule has 1 aliphatic rings. The molecule has 0 bridgehead atoms. The molecule has 8 heteroatoms. The largest absolute Gasteiger partial charge is 0.449 e. The lowest BCUT2D eigenvalue weighted by Gasteiger charge is -2.32. The summed E-state index contributed by atoms with van der Waals surface area (Å²) in [6.07, 6.45) is -0.286. The van der Waals surface area contributed by atoms with E-state index in [2.05, 4.69) is 24.1 Å². The quantitative estimate of drug-likeness (QED) is 0.546. The second-order valence-corrected chi connectivity index (χ2v) is 8.72. The van der Waals surface area contributed by atoms with E-state index < -0.39 is 23.9 Å². The third-order valence-corrected chi connectivity index (χ3v) is 6.10. The minimum atomic E-state index is -1.03. The molecule has 3 N–H and O–H groups in total. The number of aromatic nitrogens is 1. The number of benzene rings is 2. The van der Waals surface area contributed by atoms with Crippen LogP contribution in [0.2, 0.25) is 0 Å². The molecule has 1 aromatic heterocycles. The first-order chi connectivity index (χ1) is 16.2. The van der Waals surface area contributed by atoms with E-state index in [0.29, 0.717) is 34.8 Å². The summed E-state index contributed by atoms with van der Waals surface area (Å²) in [6, 6.07) is 14.0. The summed E-state index contributed by atoms with van der Waals surface area (Å²) in [5, 5.41) is 3.41. The first-order valence-electron chi connectivity index (χ1n) is 11.3. The van der Waals surface area contributed by atoms with Crippen molar-refractivity contribution in [2.75, 3.05) is 11.9 Å².